The maximum Gasteiger partial charge on any atom is 0.203 e. The van der Waals surface area contributed by atoms with Gasteiger partial charge in [0.1, 0.15) is 0 Å². The lowest BCUT2D eigenvalue weighted by Crippen LogP contribution is -2.07. The van der Waals surface area contributed by atoms with Crippen LogP contribution in [0.5, 0.6) is 17.2 Å². The van der Waals surface area contributed by atoms with Crippen molar-refractivity contribution in [2.45, 2.75) is 39.2 Å². The van der Waals surface area contributed by atoms with E-state index < -0.39 is 0 Å². The molecular formula is C16H27NO3. The molecule has 0 fully saturated rings. The normalized spacial score (nSPS) is 10.4. The Balaban J connectivity index is 2.76. The van der Waals surface area contributed by atoms with Crippen molar-refractivity contribution in [3.05, 3.63) is 17.7 Å². The lowest BCUT2D eigenvalue weighted by molar-refractivity contribution is 0.267. The van der Waals surface area contributed by atoms with E-state index in [0.29, 0.717) is 12.4 Å². The van der Waals surface area contributed by atoms with Crippen molar-refractivity contribution in [2.75, 3.05) is 27.9 Å². The largest absolute Gasteiger partial charge is 0.493 e. The van der Waals surface area contributed by atoms with E-state index in [4.69, 9.17) is 14.2 Å². The van der Waals surface area contributed by atoms with E-state index in [1.54, 1.807) is 14.2 Å². The number of rotatable bonds is 10. The smallest absolute Gasteiger partial charge is 0.203 e. The monoisotopic (exact) mass is 281 g/mol. The molecule has 4 heteroatoms. The zero-order valence-corrected chi connectivity index (χ0v) is 13.1. The lowest BCUT2D eigenvalue weighted by Gasteiger charge is -2.16. The van der Waals surface area contributed by atoms with Crippen LogP contribution in [-0.4, -0.2) is 27.9 Å². The molecule has 0 amide bonds. The van der Waals surface area contributed by atoms with Crippen LogP contribution < -0.4 is 19.5 Å². The number of nitrogens with one attached hydrogen (secondary N) is 1. The first-order valence-corrected chi connectivity index (χ1v) is 7.29. The first-order chi connectivity index (χ1) is 9.76. The molecule has 1 aromatic carbocycles. The number of hydrogen-bond acceptors (Lipinski definition) is 4. The molecule has 0 spiro atoms. The SMILES string of the molecule is CCCCCCOc1c(OC)cc(CNC)cc1OC. The molecule has 0 radical (unpaired) electrons. The van der Waals surface area contributed by atoms with Gasteiger partial charge in [-0.05, 0) is 31.2 Å². The van der Waals surface area contributed by atoms with Gasteiger partial charge in [0.15, 0.2) is 11.5 Å². The van der Waals surface area contributed by atoms with Gasteiger partial charge < -0.3 is 19.5 Å². The van der Waals surface area contributed by atoms with Crippen molar-refractivity contribution in [3.63, 3.8) is 0 Å². The summed E-state index contributed by atoms with van der Waals surface area (Å²) in [6, 6.07) is 3.97. The second-order valence-corrected chi connectivity index (χ2v) is 4.77. The molecule has 114 valence electrons. The quantitative estimate of drug-likeness (QED) is 0.667. The molecule has 4 nitrogen and oxygen atoms in total. The van der Waals surface area contributed by atoms with Gasteiger partial charge in [0.25, 0.3) is 0 Å². The maximum atomic E-state index is 5.86. The van der Waals surface area contributed by atoms with Gasteiger partial charge in [0.2, 0.25) is 5.75 Å². The third-order valence-electron chi connectivity index (χ3n) is 3.15. The zero-order chi connectivity index (χ0) is 14.8. The van der Waals surface area contributed by atoms with Crippen LogP contribution in [0.2, 0.25) is 0 Å². The highest BCUT2D eigenvalue weighted by Crippen LogP contribution is 2.38. The molecule has 20 heavy (non-hydrogen) atoms. The minimum absolute atomic E-state index is 0.693. The third kappa shape index (κ3) is 4.93. The van der Waals surface area contributed by atoms with Crippen LogP contribution in [0.1, 0.15) is 38.2 Å². The summed E-state index contributed by atoms with van der Waals surface area (Å²) in [6.07, 6.45) is 4.72. The lowest BCUT2D eigenvalue weighted by atomic mass is 10.1. The fraction of sp³-hybridized carbons (Fsp3) is 0.625. The van der Waals surface area contributed by atoms with Gasteiger partial charge in [-0.25, -0.2) is 0 Å². The predicted molar refractivity (Wildman–Crippen MR) is 81.9 cm³/mol. The minimum Gasteiger partial charge on any atom is -0.493 e. The van der Waals surface area contributed by atoms with Gasteiger partial charge >= 0.3 is 0 Å². The average molecular weight is 281 g/mol. The van der Waals surface area contributed by atoms with E-state index >= 15 is 0 Å². The number of benzene rings is 1. The van der Waals surface area contributed by atoms with Crippen LogP contribution in [0.4, 0.5) is 0 Å². The molecule has 0 atom stereocenters. The van der Waals surface area contributed by atoms with Crippen LogP contribution in [-0.2, 0) is 6.54 Å². The number of unbranched alkanes of at least 4 members (excludes halogenated alkanes) is 3. The Morgan fingerprint density at radius 3 is 2.15 bits per heavy atom. The van der Waals surface area contributed by atoms with E-state index in [-0.39, 0.29) is 0 Å². The highest BCUT2D eigenvalue weighted by Gasteiger charge is 2.13. The first kappa shape index (κ1) is 16.6. The molecule has 0 aliphatic heterocycles. The molecule has 0 aliphatic rings. The second-order valence-electron chi connectivity index (χ2n) is 4.77. The summed E-state index contributed by atoms with van der Waals surface area (Å²) in [7, 11) is 5.22. The summed E-state index contributed by atoms with van der Waals surface area (Å²) in [6.45, 7) is 3.66. The molecule has 1 rings (SSSR count). The summed E-state index contributed by atoms with van der Waals surface area (Å²) in [5.41, 5.74) is 1.11. The summed E-state index contributed by atoms with van der Waals surface area (Å²) in [5.74, 6) is 2.15. The average Bonchev–Trinajstić information content (AvgIpc) is 2.47. The number of methoxy groups -OCH3 is 2. The highest BCUT2D eigenvalue weighted by atomic mass is 16.5. The van der Waals surface area contributed by atoms with E-state index in [2.05, 4.69) is 12.2 Å². The Hall–Kier alpha value is -1.42. The predicted octanol–water partition coefficient (Wildman–Crippen LogP) is 3.38. The molecule has 0 unspecified atom stereocenters. The van der Waals surface area contributed by atoms with Crippen LogP contribution in [0.3, 0.4) is 0 Å². The van der Waals surface area contributed by atoms with Gasteiger partial charge in [-0.1, -0.05) is 26.2 Å². The fourth-order valence-electron chi connectivity index (χ4n) is 2.09. The molecule has 0 bridgehead atoms. The molecule has 1 N–H and O–H groups in total. The van der Waals surface area contributed by atoms with Crippen molar-refractivity contribution >= 4 is 0 Å². The zero-order valence-electron chi connectivity index (χ0n) is 13.1. The summed E-state index contributed by atoms with van der Waals surface area (Å²) in [4.78, 5) is 0. The van der Waals surface area contributed by atoms with E-state index in [1.165, 1.54) is 19.3 Å². The second kappa shape index (κ2) is 9.48. The van der Waals surface area contributed by atoms with E-state index in [9.17, 15) is 0 Å². The van der Waals surface area contributed by atoms with E-state index in [0.717, 1.165) is 30.0 Å². The molecule has 0 aromatic heterocycles. The van der Waals surface area contributed by atoms with Crippen molar-refractivity contribution in [1.82, 2.24) is 5.32 Å². The van der Waals surface area contributed by atoms with Crippen molar-refractivity contribution in [1.29, 1.82) is 0 Å². The molecule has 0 heterocycles. The Bertz CT molecular complexity index is 368. The van der Waals surface area contributed by atoms with Gasteiger partial charge in [-0.15, -0.1) is 0 Å². The standard InChI is InChI=1S/C16H27NO3/c1-5-6-7-8-9-20-16-14(18-3)10-13(12-17-2)11-15(16)19-4/h10-11,17H,5-9,12H2,1-4H3. The first-order valence-electron chi connectivity index (χ1n) is 7.29. The van der Waals surface area contributed by atoms with Crippen LogP contribution in [0, 0.1) is 0 Å². The fourth-order valence-corrected chi connectivity index (χ4v) is 2.09. The van der Waals surface area contributed by atoms with Crippen LogP contribution >= 0.6 is 0 Å². The molecule has 1 aromatic rings. The molecule has 0 saturated heterocycles. The van der Waals surface area contributed by atoms with Crippen molar-refractivity contribution in [2.24, 2.45) is 0 Å². The number of hydrogen-bond donors (Lipinski definition) is 1. The van der Waals surface area contributed by atoms with Gasteiger partial charge in [-0.2, -0.15) is 0 Å². The maximum absolute atomic E-state index is 5.86. The topological polar surface area (TPSA) is 39.7 Å². The van der Waals surface area contributed by atoms with Gasteiger partial charge in [0.05, 0.1) is 20.8 Å². The summed E-state index contributed by atoms with van der Waals surface area (Å²) < 4.78 is 16.7. The number of ether oxygens (including phenoxy) is 3. The summed E-state index contributed by atoms with van der Waals surface area (Å²) in [5, 5.41) is 3.12. The molecule has 0 saturated carbocycles. The van der Waals surface area contributed by atoms with Crippen LogP contribution in [0.15, 0.2) is 12.1 Å². The van der Waals surface area contributed by atoms with Crippen molar-refractivity contribution < 1.29 is 14.2 Å². The van der Waals surface area contributed by atoms with Crippen LogP contribution in [0.25, 0.3) is 0 Å². The summed E-state index contributed by atoms with van der Waals surface area (Å²) >= 11 is 0. The Morgan fingerprint density at radius 2 is 1.65 bits per heavy atom. The molecular weight excluding hydrogens is 254 g/mol. The molecule has 0 aliphatic carbocycles. The highest BCUT2D eigenvalue weighted by molar-refractivity contribution is 5.53. The Labute approximate surface area is 122 Å². The third-order valence-corrected chi connectivity index (χ3v) is 3.15. The Kier molecular flexibility index (Phi) is 7.88. The van der Waals surface area contributed by atoms with E-state index in [1.807, 2.05) is 19.2 Å². The minimum atomic E-state index is 0.693. The van der Waals surface area contributed by atoms with Gasteiger partial charge in [0, 0.05) is 6.54 Å². The van der Waals surface area contributed by atoms with Crippen molar-refractivity contribution in [3.8, 4) is 17.2 Å². The van der Waals surface area contributed by atoms with Gasteiger partial charge in [-0.3, -0.25) is 0 Å². The Morgan fingerprint density at radius 1 is 1.00 bits per heavy atom.